The number of aromatic nitrogens is 1. The number of amides is 1. The Morgan fingerprint density at radius 2 is 2.08 bits per heavy atom. The van der Waals surface area contributed by atoms with Gasteiger partial charge in [-0.2, -0.15) is 0 Å². The van der Waals surface area contributed by atoms with Gasteiger partial charge in [0.1, 0.15) is 11.3 Å². The third-order valence-corrected chi connectivity index (χ3v) is 3.54. The molecule has 3 rings (SSSR count). The summed E-state index contributed by atoms with van der Waals surface area (Å²) in [5.74, 6) is 1.37. The van der Waals surface area contributed by atoms with Crippen LogP contribution in [-0.2, 0) is 4.79 Å². The van der Waals surface area contributed by atoms with E-state index in [9.17, 15) is 4.79 Å². The van der Waals surface area contributed by atoms with Crippen LogP contribution in [0, 0.1) is 6.92 Å². The topological polar surface area (TPSA) is 64.4 Å². The summed E-state index contributed by atoms with van der Waals surface area (Å²) in [7, 11) is 0. The highest BCUT2D eigenvalue weighted by atomic mass is 16.5. The van der Waals surface area contributed by atoms with Gasteiger partial charge >= 0.3 is 0 Å². The third kappa shape index (κ3) is 3.74. The molecule has 1 N–H and O–H groups in total. The minimum atomic E-state index is -0.219. The second-order valence-corrected chi connectivity index (χ2v) is 6.04. The molecule has 0 saturated carbocycles. The Bertz CT molecular complexity index is 868. The standard InChI is InChI=1S/C19H20N2O3/c1-12(2)19-21-16-10-14(7-8-17(16)24-19)20-18(22)11-23-15-6-4-5-13(3)9-15/h4-10,12H,11H2,1-3H3,(H,20,22). The van der Waals surface area contributed by atoms with Crippen LogP contribution in [0.3, 0.4) is 0 Å². The molecule has 3 aromatic rings. The zero-order valence-electron chi connectivity index (χ0n) is 14.0. The number of anilines is 1. The van der Waals surface area contributed by atoms with Crippen LogP contribution in [0.1, 0.15) is 31.2 Å². The lowest BCUT2D eigenvalue weighted by molar-refractivity contribution is -0.118. The molecule has 5 heteroatoms. The number of carbonyl (C=O) groups excluding carboxylic acids is 1. The first-order valence-electron chi connectivity index (χ1n) is 7.91. The van der Waals surface area contributed by atoms with Gasteiger partial charge in [-0.15, -0.1) is 0 Å². The van der Waals surface area contributed by atoms with Crippen molar-refractivity contribution in [1.82, 2.24) is 4.98 Å². The molecule has 0 bridgehead atoms. The van der Waals surface area contributed by atoms with Gasteiger partial charge in [0, 0.05) is 11.6 Å². The van der Waals surface area contributed by atoms with Crippen LogP contribution in [0.5, 0.6) is 5.75 Å². The normalized spacial score (nSPS) is 11.0. The Morgan fingerprint density at radius 1 is 1.25 bits per heavy atom. The van der Waals surface area contributed by atoms with Crippen molar-refractivity contribution in [3.05, 3.63) is 53.9 Å². The maximum absolute atomic E-state index is 12.0. The average Bonchev–Trinajstić information content (AvgIpc) is 2.97. The lowest BCUT2D eigenvalue weighted by Gasteiger charge is -2.08. The second kappa shape index (κ2) is 6.74. The largest absolute Gasteiger partial charge is 0.484 e. The van der Waals surface area contributed by atoms with Crippen LogP contribution in [0.15, 0.2) is 46.9 Å². The number of nitrogens with zero attached hydrogens (tertiary/aromatic N) is 1. The lowest BCUT2D eigenvalue weighted by Crippen LogP contribution is -2.20. The highest BCUT2D eigenvalue weighted by molar-refractivity contribution is 5.93. The number of fused-ring (bicyclic) bond motifs is 1. The summed E-state index contributed by atoms with van der Waals surface area (Å²) in [6, 6.07) is 13.0. The fourth-order valence-electron chi connectivity index (χ4n) is 2.32. The summed E-state index contributed by atoms with van der Waals surface area (Å²) in [6.45, 7) is 5.98. The Hall–Kier alpha value is -2.82. The zero-order valence-corrected chi connectivity index (χ0v) is 14.0. The van der Waals surface area contributed by atoms with Crippen molar-refractivity contribution >= 4 is 22.7 Å². The van der Waals surface area contributed by atoms with E-state index in [2.05, 4.69) is 10.3 Å². The van der Waals surface area contributed by atoms with E-state index in [1.807, 2.05) is 51.1 Å². The van der Waals surface area contributed by atoms with Crippen LogP contribution >= 0.6 is 0 Å². The Morgan fingerprint density at radius 3 is 2.83 bits per heavy atom. The van der Waals surface area contributed by atoms with Crippen molar-refractivity contribution in [2.45, 2.75) is 26.7 Å². The molecule has 2 aromatic carbocycles. The molecule has 0 aliphatic carbocycles. The predicted molar refractivity (Wildman–Crippen MR) is 93.4 cm³/mol. The molecule has 0 atom stereocenters. The van der Waals surface area contributed by atoms with Crippen molar-refractivity contribution in [2.24, 2.45) is 0 Å². The minimum Gasteiger partial charge on any atom is -0.484 e. The summed E-state index contributed by atoms with van der Waals surface area (Å²) in [5, 5.41) is 2.81. The Labute approximate surface area is 140 Å². The summed E-state index contributed by atoms with van der Waals surface area (Å²) in [5.41, 5.74) is 3.21. The fourth-order valence-corrected chi connectivity index (χ4v) is 2.32. The van der Waals surface area contributed by atoms with Crippen LogP contribution < -0.4 is 10.1 Å². The number of oxazole rings is 1. The Kier molecular flexibility index (Phi) is 4.51. The lowest BCUT2D eigenvalue weighted by atomic mass is 10.2. The van der Waals surface area contributed by atoms with E-state index in [1.54, 1.807) is 12.1 Å². The molecule has 0 spiro atoms. The zero-order chi connectivity index (χ0) is 17.1. The molecule has 0 radical (unpaired) electrons. The van der Waals surface area contributed by atoms with Gasteiger partial charge in [0.15, 0.2) is 18.1 Å². The number of carbonyl (C=O) groups is 1. The fraction of sp³-hybridized carbons (Fsp3) is 0.263. The first-order chi connectivity index (χ1) is 11.5. The van der Waals surface area contributed by atoms with Crippen molar-refractivity contribution < 1.29 is 13.9 Å². The molecule has 5 nitrogen and oxygen atoms in total. The molecular weight excluding hydrogens is 304 g/mol. The monoisotopic (exact) mass is 324 g/mol. The molecule has 0 aliphatic heterocycles. The van der Waals surface area contributed by atoms with Gasteiger partial charge in [-0.25, -0.2) is 4.98 Å². The number of ether oxygens (including phenoxy) is 1. The molecule has 0 saturated heterocycles. The van der Waals surface area contributed by atoms with Gasteiger partial charge in [-0.3, -0.25) is 4.79 Å². The summed E-state index contributed by atoms with van der Waals surface area (Å²) < 4.78 is 11.2. The molecule has 0 unspecified atom stereocenters. The predicted octanol–water partition coefficient (Wildman–Crippen LogP) is 4.28. The number of benzene rings is 2. The van der Waals surface area contributed by atoms with E-state index in [-0.39, 0.29) is 18.4 Å². The number of rotatable bonds is 5. The van der Waals surface area contributed by atoms with E-state index >= 15 is 0 Å². The summed E-state index contributed by atoms with van der Waals surface area (Å²) in [4.78, 5) is 16.5. The van der Waals surface area contributed by atoms with E-state index in [0.29, 0.717) is 22.9 Å². The molecule has 0 aliphatic rings. The van der Waals surface area contributed by atoms with Crippen LogP contribution in [0.2, 0.25) is 0 Å². The van der Waals surface area contributed by atoms with Crippen LogP contribution in [0.25, 0.3) is 11.1 Å². The molecule has 0 fully saturated rings. The van der Waals surface area contributed by atoms with Crippen molar-refractivity contribution in [3.8, 4) is 5.75 Å². The number of hydrogen-bond donors (Lipinski definition) is 1. The summed E-state index contributed by atoms with van der Waals surface area (Å²) in [6.07, 6.45) is 0. The molecule has 1 amide bonds. The first-order valence-corrected chi connectivity index (χ1v) is 7.91. The van der Waals surface area contributed by atoms with Gasteiger partial charge in [0.05, 0.1) is 0 Å². The van der Waals surface area contributed by atoms with Crippen molar-refractivity contribution in [1.29, 1.82) is 0 Å². The van der Waals surface area contributed by atoms with Gasteiger partial charge in [0.2, 0.25) is 0 Å². The van der Waals surface area contributed by atoms with Crippen molar-refractivity contribution in [2.75, 3.05) is 11.9 Å². The minimum absolute atomic E-state index is 0.0441. The smallest absolute Gasteiger partial charge is 0.262 e. The SMILES string of the molecule is Cc1cccc(OCC(=O)Nc2ccc3oc(C(C)C)nc3c2)c1. The maximum atomic E-state index is 12.0. The number of aryl methyl sites for hydroxylation is 1. The summed E-state index contributed by atoms with van der Waals surface area (Å²) >= 11 is 0. The van der Waals surface area contributed by atoms with Gasteiger partial charge in [0.25, 0.3) is 5.91 Å². The van der Waals surface area contributed by atoms with E-state index < -0.39 is 0 Å². The first kappa shape index (κ1) is 16.1. The maximum Gasteiger partial charge on any atom is 0.262 e. The van der Waals surface area contributed by atoms with Gasteiger partial charge in [-0.1, -0.05) is 26.0 Å². The van der Waals surface area contributed by atoms with E-state index in [4.69, 9.17) is 9.15 Å². The molecule has 1 aromatic heterocycles. The quantitative estimate of drug-likeness (QED) is 0.761. The molecule has 1 heterocycles. The van der Waals surface area contributed by atoms with E-state index in [1.165, 1.54) is 0 Å². The van der Waals surface area contributed by atoms with Crippen molar-refractivity contribution in [3.63, 3.8) is 0 Å². The second-order valence-electron chi connectivity index (χ2n) is 6.04. The van der Waals surface area contributed by atoms with E-state index in [0.717, 1.165) is 11.1 Å². The van der Waals surface area contributed by atoms with Crippen LogP contribution in [-0.4, -0.2) is 17.5 Å². The van der Waals surface area contributed by atoms with Gasteiger partial charge in [-0.05, 0) is 42.8 Å². The molecular formula is C19H20N2O3. The highest BCUT2D eigenvalue weighted by Gasteiger charge is 2.11. The van der Waals surface area contributed by atoms with Crippen LogP contribution in [0.4, 0.5) is 5.69 Å². The average molecular weight is 324 g/mol. The third-order valence-electron chi connectivity index (χ3n) is 3.54. The van der Waals surface area contributed by atoms with Gasteiger partial charge < -0.3 is 14.5 Å². The number of nitrogens with one attached hydrogen (secondary N) is 1. The molecule has 124 valence electrons. The highest BCUT2D eigenvalue weighted by Crippen LogP contribution is 2.23. The Balaban J connectivity index is 1.64. The molecule has 24 heavy (non-hydrogen) atoms. The number of hydrogen-bond acceptors (Lipinski definition) is 4.